The van der Waals surface area contributed by atoms with E-state index in [9.17, 15) is 4.79 Å². The molecular formula is C19H24Cl2N4O. The number of rotatable bonds is 5. The first-order valence-corrected chi connectivity index (χ1v) is 8.94. The van der Waals surface area contributed by atoms with E-state index < -0.39 is 0 Å². The Morgan fingerprint density at radius 1 is 1.23 bits per heavy atom. The number of nitrogens with one attached hydrogen (secondary N) is 2. The number of hydrogen-bond acceptors (Lipinski definition) is 4. The molecule has 0 spiro atoms. The topological polar surface area (TPSA) is 57.3 Å². The number of nitrogens with zero attached hydrogens (tertiary/aromatic N) is 2. The first kappa shape index (κ1) is 20.5. The van der Waals surface area contributed by atoms with Gasteiger partial charge in [0.05, 0.1) is 10.6 Å². The fraction of sp³-hybridized carbons (Fsp3) is 0.368. The van der Waals surface area contributed by atoms with Crippen LogP contribution in [0.3, 0.4) is 0 Å². The van der Waals surface area contributed by atoms with Gasteiger partial charge in [0.25, 0.3) is 5.91 Å². The Bertz CT molecular complexity index is 716. The molecule has 1 aliphatic heterocycles. The summed E-state index contributed by atoms with van der Waals surface area (Å²) in [5.74, 6) is 0.950. The van der Waals surface area contributed by atoms with E-state index in [1.165, 1.54) is 19.0 Å². The first-order valence-electron chi connectivity index (χ1n) is 8.56. The van der Waals surface area contributed by atoms with Crippen LogP contribution in [0.1, 0.15) is 23.2 Å². The Hall–Kier alpha value is -1.82. The SMILES string of the molecule is CN1CCC(CNc2ccccc2C(=O)Nc2ccc(Cl)cn2)CC1.Cl. The van der Waals surface area contributed by atoms with Gasteiger partial charge in [-0.15, -0.1) is 12.4 Å². The number of pyridine rings is 1. The van der Waals surface area contributed by atoms with Gasteiger partial charge in [-0.2, -0.15) is 0 Å². The Balaban J connectivity index is 0.00000243. The summed E-state index contributed by atoms with van der Waals surface area (Å²) in [6, 6.07) is 11.0. The van der Waals surface area contributed by atoms with Crippen LogP contribution in [0.2, 0.25) is 5.02 Å². The molecule has 5 nitrogen and oxygen atoms in total. The largest absolute Gasteiger partial charge is 0.384 e. The quantitative estimate of drug-likeness (QED) is 0.798. The minimum atomic E-state index is -0.179. The van der Waals surface area contributed by atoms with Crippen molar-refractivity contribution in [2.45, 2.75) is 12.8 Å². The second-order valence-electron chi connectivity index (χ2n) is 6.49. The number of aromatic nitrogens is 1. The number of carbonyl (C=O) groups is 1. The van der Waals surface area contributed by atoms with E-state index in [0.717, 1.165) is 25.3 Å². The molecule has 1 aromatic heterocycles. The fourth-order valence-electron chi connectivity index (χ4n) is 2.99. The Morgan fingerprint density at radius 2 is 1.96 bits per heavy atom. The lowest BCUT2D eigenvalue weighted by Gasteiger charge is -2.29. The lowest BCUT2D eigenvalue weighted by atomic mass is 9.97. The Kier molecular flexibility index (Phi) is 7.69. The molecule has 0 radical (unpaired) electrons. The van der Waals surface area contributed by atoms with Crippen LogP contribution in [0, 0.1) is 5.92 Å². The number of carbonyl (C=O) groups excluding carboxylic acids is 1. The summed E-state index contributed by atoms with van der Waals surface area (Å²) in [5.41, 5.74) is 1.47. The fourth-order valence-corrected chi connectivity index (χ4v) is 3.10. The number of likely N-dealkylation sites (tertiary alicyclic amines) is 1. The molecule has 7 heteroatoms. The molecule has 0 aliphatic carbocycles. The number of benzene rings is 1. The Morgan fingerprint density at radius 3 is 2.65 bits per heavy atom. The molecular weight excluding hydrogens is 371 g/mol. The predicted molar refractivity (Wildman–Crippen MR) is 110 cm³/mol. The number of anilines is 2. The summed E-state index contributed by atoms with van der Waals surface area (Å²) in [6.45, 7) is 3.16. The molecule has 3 rings (SSSR count). The molecule has 1 aromatic carbocycles. The van der Waals surface area contributed by atoms with Gasteiger partial charge in [-0.3, -0.25) is 4.79 Å². The second kappa shape index (κ2) is 9.76. The van der Waals surface area contributed by atoms with Crippen molar-refractivity contribution < 1.29 is 4.79 Å². The van der Waals surface area contributed by atoms with Crippen LogP contribution >= 0.6 is 24.0 Å². The molecule has 26 heavy (non-hydrogen) atoms. The zero-order valence-electron chi connectivity index (χ0n) is 14.7. The minimum absolute atomic E-state index is 0. The van der Waals surface area contributed by atoms with Crippen molar-refractivity contribution >= 4 is 41.4 Å². The van der Waals surface area contributed by atoms with E-state index in [0.29, 0.717) is 22.3 Å². The van der Waals surface area contributed by atoms with Gasteiger partial charge in [-0.25, -0.2) is 4.98 Å². The summed E-state index contributed by atoms with van der Waals surface area (Å²) >= 11 is 5.83. The van der Waals surface area contributed by atoms with Crippen LogP contribution in [-0.4, -0.2) is 42.5 Å². The van der Waals surface area contributed by atoms with Crippen LogP contribution in [0.25, 0.3) is 0 Å². The summed E-state index contributed by atoms with van der Waals surface area (Å²) < 4.78 is 0. The number of amides is 1. The number of para-hydroxylation sites is 1. The lowest BCUT2D eigenvalue weighted by molar-refractivity contribution is 0.102. The van der Waals surface area contributed by atoms with Gasteiger partial charge in [0, 0.05) is 18.4 Å². The third kappa shape index (κ3) is 5.59. The molecule has 1 saturated heterocycles. The van der Waals surface area contributed by atoms with Gasteiger partial charge in [-0.1, -0.05) is 23.7 Å². The van der Waals surface area contributed by atoms with E-state index in [-0.39, 0.29) is 18.3 Å². The molecule has 2 heterocycles. The van der Waals surface area contributed by atoms with Crippen molar-refractivity contribution in [3.05, 3.63) is 53.2 Å². The molecule has 140 valence electrons. The van der Waals surface area contributed by atoms with Gasteiger partial charge in [0.2, 0.25) is 0 Å². The highest BCUT2D eigenvalue weighted by Gasteiger charge is 2.17. The standard InChI is InChI=1S/C19H23ClN4O.ClH/c1-24-10-8-14(9-11-24)12-21-17-5-3-2-4-16(17)19(25)23-18-7-6-15(20)13-22-18;/h2-7,13-14,21H,8-12H2,1H3,(H,22,23,25);1H. The summed E-state index contributed by atoms with van der Waals surface area (Å²) in [4.78, 5) is 19.1. The average molecular weight is 395 g/mol. The predicted octanol–water partition coefficient (Wildman–Crippen LogP) is 4.16. The van der Waals surface area contributed by atoms with Crippen LogP contribution < -0.4 is 10.6 Å². The van der Waals surface area contributed by atoms with Crippen LogP contribution in [0.5, 0.6) is 0 Å². The second-order valence-corrected chi connectivity index (χ2v) is 6.93. The maximum Gasteiger partial charge on any atom is 0.258 e. The molecule has 1 amide bonds. The maximum absolute atomic E-state index is 12.6. The first-order chi connectivity index (χ1) is 12.1. The third-order valence-electron chi connectivity index (χ3n) is 4.56. The smallest absolute Gasteiger partial charge is 0.258 e. The molecule has 0 unspecified atom stereocenters. The summed E-state index contributed by atoms with van der Waals surface area (Å²) in [6.07, 6.45) is 3.89. The van der Waals surface area contributed by atoms with E-state index in [2.05, 4.69) is 27.6 Å². The molecule has 0 saturated carbocycles. The molecule has 1 aliphatic rings. The van der Waals surface area contributed by atoms with Gasteiger partial charge in [-0.05, 0) is 63.2 Å². The molecule has 2 aromatic rings. The zero-order valence-corrected chi connectivity index (χ0v) is 16.3. The molecule has 0 bridgehead atoms. The van der Waals surface area contributed by atoms with E-state index >= 15 is 0 Å². The van der Waals surface area contributed by atoms with Crippen molar-refractivity contribution in [1.82, 2.24) is 9.88 Å². The van der Waals surface area contributed by atoms with Crippen molar-refractivity contribution in [2.75, 3.05) is 37.3 Å². The maximum atomic E-state index is 12.6. The molecule has 1 fully saturated rings. The van der Waals surface area contributed by atoms with Crippen molar-refractivity contribution in [1.29, 1.82) is 0 Å². The number of piperidine rings is 1. The van der Waals surface area contributed by atoms with Crippen LogP contribution in [-0.2, 0) is 0 Å². The number of hydrogen-bond donors (Lipinski definition) is 2. The third-order valence-corrected chi connectivity index (χ3v) is 4.78. The van der Waals surface area contributed by atoms with Crippen LogP contribution in [0.4, 0.5) is 11.5 Å². The van der Waals surface area contributed by atoms with Gasteiger partial charge in [0.1, 0.15) is 5.82 Å². The van der Waals surface area contributed by atoms with E-state index in [1.807, 2.05) is 24.3 Å². The van der Waals surface area contributed by atoms with Gasteiger partial charge < -0.3 is 15.5 Å². The van der Waals surface area contributed by atoms with E-state index in [1.54, 1.807) is 12.1 Å². The number of halogens is 2. The van der Waals surface area contributed by atoms with Gasteiger partial charge in [0.15, 0.2) is 0 Å². The normalized spacial score (nSPS) is 15.2. The van der Waals surface area contributed by atoms with Crippen molar-refractivity contribution in [3.63, 3.8) is 0 Å². The molecule has 0 atom stereocenters. The highest BCUT2D eigenvalue weighted by atomic mass is 35.5. The summed E-state index contributed by atoms with van der Waals surface area (Å²) in [7, 11) is 2.16. The lowest BCUT2D eigenvalue weighted by Crippen LogP contribution is -2.33. The van der Waals surface area contributed by atoms with Crippen molar-refractivity contribution in [2.24, 2.45) is 5.92 Å². The van der Waals surface area contributed by atoms with E-state index in [4.69, 9.17) is 11.6 Å². The van der Waals surface area contributed by atoms with Crippen LogP contribution in [0.15, 0.2) is 42.6 Å². The molecule has 2 N–H and O–H groups in total. The highest BCUT2D eigenvalue weighted by molar-refractivity contribution is 6.30. The van der Waals surface area contributed by atoms with Gasteiger partial charge >= 0.3 is 0 Å². The average Bonchev–Trinajstić information content (AvgIpc) is 2.63. The monoisotopic (exact) mass is 394 g/mol. The Labute approximate surface area is 165 Å². The zero-order chi connectivity index (χ0) is 17.6. The summed E-state index contributed by atoms with van der Waals surface area (Å²) in [5, 5.41) is 6.81. The van der Waals surface area contributed by atoms with Crippen molar-refractivity contribution in [3.8, 4) is 0 Å². The highest BCUT2D eigenvalue weighted by Crippen LogP contribution is 2.21. The minimum Gasteiger partial charge on any atom is -0.384 e.